The van der Waals surface area contributed by atoms with Crippen LogP contribution in [0.5, 0.6) is 5.75 Å². The molecule has 1 amide bonds. The summed E-state index contributed by atoms with van der Waals surface area (Å²) in [5.74, 6) is 0.00324. The van der Waals surface area contributed by atoms with Crippen LogP contribution in [0.2, 0.25) is 0 Å². The van der Waals surface area contributed by atoms with E-state index in [1.165, 1.54) is 0 Å². The van der Waals surface area contributed by atoms with E-state index in [0.717, 1.165) is 12.8 Å². The number of esters is 1. The Balaban J connectivity index is 2.47. The van der Waals surface area contributed by atoms with Crippen LogP contribution in [0.1, 0.15) is 37.0 Å². The third-order valence-corrected chi connectivity index (χ3v) is 2.38. The summed E-state index contributed by atoms with van der Waals surface area (Å²) in [5.41, 5.74) is 0.431. The maximum Gasteiger partial charge on any atom is 0.412 e. The Kier molecular flexibility index (Phi) is 6.43. The molecule has 5 nitrogen and oxygen atoms in total. The van der Waals surface area contributed by atoms with Gasteiger partial charge in [0.2, 0.25) is 0 Å². The quantitative estimate of drug-likeness (QED) is 0.634. The van der Waals surface area contributed by atoms with Gasteiger partial charge in [-0.15, -0.1) is 0 Å². The molecule has 1 aromatic rings. The first kappa shape index (κ1) is 15.0. The second kappa shape index (κ2) is 8.13. The predicted molar refractivity (Wildman–Crippen MR) is 71.3 cm³/mol. The van der Waals surface area contributed by atoms with E-state index in [1.807, 2.05) is 6.92 Å². The van der Waals surface area contributed by atoms with Crippen LogP contribution in [0.4, 0.5) is 4.79 Å². The van der Waals surface area contributed by atoms with Gasteiger partial charge in [-0.25, -0.2) is 9.59 Å². The zero-order chi connectivity index (χ0) is 14.1. The summed E-state index contributed by atoms with van der Waals surface area (Å²) in [5, 5.41) is 2.64. The number of unbranched alkanes of at least 4 members (excludes halogenated alkanes) is 1. The van der Waals surface area contributed by atoms with Crippen molar-refractivity contribution in [2.24, 2.45) is 0 Å². The molecule has 0 atom stereocenters. The molecule has 0 aliphatic carbocycles. The van der Waals surface area contributed by atoms with Crippen molar-refractivity contribution in [3.8, 4) is 5.75 Å². The monoisotopic (exact) mass is 265 g/mol. The van der Waals surface area contributed by atoms with Crippen molar-refractivity contribution in [3.05, 3.63) is 29.8 Å². The lowest BCUT2D eigenvalue weighted by molar-refractivity contribution is 0.0526. The van der Waals surface area contributed by atoms with E-state index in [1.54, 1.807) is 31.2 Å². The van der Waals surface area contributed by atoms with Gasteiger partial charge < -0.3 is 14.8 Å². The van der Waals surface area contributed by atoms with Crippen LogP contribution in [0.25, 0.3) is 0 Å². The number of carbonyl (C=O) groups excluding carboxylic acids is 2. The van der Waals surface area contributed by atoms with Crippen molar-refractivity contribution in [1.29, 1.82) is 0 Å². The van der Waals surface area contributed by atoms with Crippen LogP contribution in [-0.4, -0.2) is 25.2 Å². The van der Waals surface area contributed by atoms with Crippen LogP contribution in [-0.2, 0) is 4.74 Å². The van der Waals surface area contributed by atoms with Gasteiger partial charge in [0.25, 0.3) is 0 Å². The molecule has 0 aliphatic rings. The zero-order valence-corrected chi connectivity index (χ0v) is 11.3. The van der Waals surface area contributed by atoms with Crippen molar-refractivity contribution < 1.29 is 19.1 Å². The Labute approximate surface area is 112 Å². The van der Waals surface area contributed by atoms with Crippen molar-refractivity contribution in [2.45, 2.75) is 26.7 Å². The fourth-order valence-electron chi connectivity index (χ4n) is 1.38. The molecule has 19 heavy (non-hydrogen) atoms. The first-order valence-corrected chi connectivity index (χ1v) is 6.40. The van der Waals surface area contributed by atoms with Crippen LogP contribution in [0.15, 0.2) is 24.3 Å². The second-order valence-corrected chi connectivity index (χ2v) is 3.91. The summed E-state index contributed by atoms with van der Waals surface area (Å²) < 4.78 is 9.91. The number of benzene rings is 1. The summed E-state index contributed by atoms with van der Waals surface area (Å²) in [7, 11) is 0. The molecule has 1 N–H and O–H groups in total. The molecule has 5 heteroatoms. The minimum Gasteiger partial charge on any atom is -0.462 e. The number of hydrogen-bond acceptors (Lipinski definition) is 4. The molecule has 0 spiro atoms. The van der Waals surface area contributed by atoms with E-state index in [0.29, 0.717) is 24.5 Å². The first-order chi connectivity index (χ1) is 9.17. The molecule has 104 valence electrons. The molecule has 0 saturated heterocycles. The maximum absolute atomic E-state index is 11.4. The van der Waals surface area contributed by atoms with E-state index in [4.69, 9.17) is 9.47 Å². The molecular weight excluding hydrogens is 246 g/mol. The first-order valence-electron chi connectivity index (χ1n) is 6.40. The molecule has 0 fully saturated rings. The highest BCUT2D eigenvalue weighted by molar-refractivity contribution is 5.89. The molecule has 0 heterocycles. The third-order valence-electron chi connectivity index (χ3n) is 2.38. The van der Waals surface area contributed by atoms with Crippen molar-refractivity contribution in [2.75, 3.05) is 13.2 Å². The van der Waals surface area contributed by atoms with Crippen LogP contribution >= 0.6 is 0 Å². The highest BCUT2D eigenvalue weighted by Gasteiger charge is 2.07. The smallest absolute Gasteiger partial charge is 0.412 e. The minimum atomic E-state index is -0.489. The van der Waals surface area contributed by atoms with Crippen molar-refractivity contribution in [3.63, 3.8) is 0 Å². The van der Waals surface area contributed by atoms with Crippen LogP contribution in [0, 0.1) is 0 Å². The Hall–Kier alpha value is -2.04. The number of carbonyl (C=O) groups is 2. The van der Waals surface area contributed by atoms with E-state index in [2.05, 4.69) is 5.32 Å². The molecular formula is C14H19NO4. The SMILES string of the molecule is CCCCNC(=O)Oc1ccc(C(=O)OCC)cc1. The lowest BCUT2D eigenvalue weighted by Crippen LogP contribution is -2.27. The zero-order valence-electron chi connectivity index (χ0n) is 11.3. The molecule has 0 radical (unpaired) electrons. The van der Waals surface area contributed by atoms with Gasteiger partial charge in [0, 0.05) is 6.54 Å². The summed E-state index contributed by atoms with van der Waals surface area (Å²) in [6.07, 6.45) is 1.43. The van der Waals surface area contributed by atoms with E-state index < -0.39 is 6.09 Å². The van der Waals surface area contributed by atoms with Crippen molar-refractivity contribution in [1.82, 2.24) is 5.32 Å². The summed E-state index contributed by atoms with van der Waals surface area (Å²) >= 11 is 0. The van der Waals surface area contributed by atoms with Gasteiger partial charge in [-0.2, -0.15) is 0 Å². The Morgan fingerprint density at radius 1 is 1.16 bits per heavy atom. The van der Waals surface area contributed by atoms with Crippen molar-refractivity contribution >= 4 is 12.1 Å². The van der Waals surface area contributed by atoms with Gasteiger partial charge in [0.15, 0.2) is 0 Å². The Morgan fingerprint density at radius 2 is 1.84 bits per heavy atom. The summed E-state index contributed by atoms with van der Waals surface area (Å²) in [6, 6.07) is 6.25. The fraction of sp³-hybridized carbons (Fsp3) is 0.429. The van der Waals surface area contributed by atoms with Crippen LogP contribution in [0.3, 0.4) is 0 Å². The van der Waals surface area contributed by atoms with Gasteiger partial charge in [-0.05, 0) is 37.6 Å². The lowest BCUT2D eigenvalue weighted by atomic mass is 10.2. The standard InChI is InChI=1S/C14H19NO4/c1-3-5-10-15-14(17)19-12-8-6-11(7-9-12)13(16)18-4-2/h6-9H,3-5,10H2,1-2H3,(H,15,17). The number of rotatable bonds is 6. The molecule has 0 saturated carbocycles. The molecule has 0 bridgehead atoms. The average Bonchev–Trinajstić information content (AvgIpc) is 2.40. The lowest BCUT2D eigenvalue weighted by Gasteiger charge is -2.06. The minimum absolute atomic E-state index is 0.330. The van der Waals surface area contributed by atoms with Gasteiger partial charge >= 0.3 is 12.1 Å². The fourth-order valence-corrected chi connectivity index (χ4v) is 1.38. The summed E-state index contributed by atoms with van der Waals surface area (Å²) in [6.45, 7) is 4.71. The maximum atomic E-state index is 11.4. The summed E-state index contributed by atoms with van der Waals surface area (Å²) in [4.78, 5) is 22.8. The molecule has 0 aromatic heterocycles. The second-order valence-electron chi connectivity index (χ2n) is 3.91. The largest absolute Gasteiger partial charge is 0.462 e. The highest BCUT2D eigenvalue weighted by Crippen LogP contribution is 2.13. The Bertz CT molecular complexity index is 414. The number of hydrogen-bond donors (Lipinski definition) is 1. The van der Waals surface area contributed by atoms with Crippen LogP contribution < -0.4 is 10.1 Å². The van der Waals surface area contributed by atoms with E-state index in [9.17, 15) is 9.59 Å². The topological polar surface area (TPSA) is 64.6 Å². The number of ether oxygens (including phenoxy) is 2. The normalized spacial score (nSPS) is 9.79. The van der Waals surface area contributed by atoms with E-state index >= 15 is 0 Å². The van der Waals surface area contributed by atoms with Gasteiger partial charge in [-0.3, -0.25) is 0 Å². The number of amides is 1. The number of nitrogens with one attached hydrogen (secondary N) is 1. The average molecular weight is 265 g/mol. The van der Waals surface area contributed by atoms with Gasteiger partial charge in [0.1, 0.15) is 5.75 Å². The molecule has 1 aromatic carbocycles. The van der Waals surface area contributed by atoms with Gasteiger partial charge in [-0.1, -0.05) is 13.3 Å². The molecule has 0 unspecified atom stereocenters. The highest BCUT2D eigenvalue weighted by atomic mass is 16.6. The van der Waals surface area contributed by atoms with E-state index in [-0.39, 0.29) is 5.97 Å². The molecule has 1 rings (SSSR count). The predicted octanol–water partition coefficient (Wildman–Crippen LogP) is 2.75. The van der Waals surface area contributed by atoms with Gasteiger partial charge in [0.05, 0.1) is 12.2 Å². The Morgan fingerprint density at radius 3 is 2.42 bits per heavy atom. The molecule has 0 aliphatic heterocycles. The third kappa shape index (κ3) is 5.42.